The summed E-state index contributed by atoms with van der Waals surface area (Å²) in [5, 5.41) is 3.98. The van der Waals surface area contributed by atoms with Gasteiger partial charge in [-0.3, -0.25) is 9.59 Å². The van der Waals surface area contributed by atoms with Crippen molar-refractivity contribution in [3.05, 3.63) is 40.8 Å². The van der Waals surface area contributed by atoms with E-state index in [0.29, 0.717) is 46.9 Å². The number of rotatable bonds is 5. The maximum Gasteiger partial charge on any atom is 0.169 e. The summed E-state index contributed by atoms with van der Waals surface area (Å²) in [4.78, 5) is 25.0. The highest BCUT2D eigenvalue weighted by Gasteiger charge is 2.36. The molecule has 132 valence electrons. The lowest BCUT2D eigenvalue weighted by Gasteiger charge is -2.26. The summed E-state index contributed by atoms with van der Waals surface area (Å²) in [6.45, 7) is 4.04. The van der Waals surface area contributed by atoms with Crippen molar-refractivity contribution in [1.29, 1.82) is 0 Å². The Bertz CT molecular complexity index is 834. The molecule has 0 bridgehead atoms. The zero-order valence-electron chi connectivity index (χ0n) is 14.8. The van der Waals surface area contributed by atoms with Crippen LogP contribution in [-0.2, 0) is 12.8 Å². The van der Waals surface area contributed by atoms with Gasteiger partial charge in [-0.2, -0.15) is 0 Å². The maximum atomic E-state index is 12.6. The Labute approximate surface area is 146 Å². The molecule has 0 fully saturated rings. The van der Waals surface area contributed by atoms with Crippen LogP contribution >= 0.6 is 0 Å². The maximum absolute atomic E-state index is 12.6. The van der Waals surface area contributed by atoms with Gasteiger partial charge >= 0.3 is 0 Å². The van der Waals surface area contributed by atoms with Gasteiger partial charge in [0.05, 0.1) is 26.2 Å². The molecule has 0 amide bonds. The molecule has 0 radical (unpaired) electrons. The summed E-state index contributed by atoms with van der Waals surface area (Å²) in [6.07, 6.45) is 1.09. The normalized spacial score (nSPS) is 15.6. The van der Waals surface area contributed by atoms with Crippen LogP contribution in [-0.4, -0.2) is 30.9 Å². The van der Waals surface area contributed by atoms with Gasteiger partial charge in [0.1, 0.15) is 11.5 Å². The fourth-order valence-corrected chi connectivity index (χ4v) is 3.20. The minimum Gasteiger partial charge on any atom is -0.493 e. The van der Waals surface area contributed by atoms with Crippen molar-refractivity contribution in [2.45, 2.75) is 33.1 Å². The highest BCUT2D eigenvalue weighted by Crippen LogP contribution is 2.36. The summed E-state index contributed by atoms with van der Waals surface area (Å²) < 4.78 is 15.7. The molecule has 1 aromatic carbocycles. The lowest BCUT2D eigenvalue weighted by molar-refractivity contribution is 0.0901. The van der Waals surface area contributed by atoms with Crippen molar-refractivity contribution in [2.75, 3.05) is 14.2 Å². The number of carbonyl (C=O) groups excluding carboxylic acids is 2. The number of hydrogen-bond donors (Lipinski definition) is 0. The van der Waals surface area contributed by atoms with Crippen LogP contribution < -0.4 is 9.47 Å². The van der Waals surface area contributed by atoms with Crippen molar-refractivity contribution in [3.63, 3.8) is 0 Å². The average Bonchev–Trinajstić information content (AvgIpc) is 2.95. The van der Waals surface area contributed by atoms with Gasteiger partial charge in [0.2, 0.25) is 0 Å². The topological polar surface area (TPSA) is 78.6 Å². The molecule has 0 spiro atoms. The Balaban J connectivity index is 1.86. The number of benzene rings is 1. The van der Waals surface area contributed by atoms with Gasteiger partial charge in [-0.25, -0.2) is 0 Å². The lowest BCUT2D eigenvalue weighted by atomic mass is 9.76. The number of fused-ring (bicyclic) bond motifs is 1. The lowest BCUT2D eigenvalue weighted by Crippen LogP contribution is -2.26. The second-order valence-corrected chi connectivity index (χ2v) is 7.04. The predicted octanol–water partition coefficient (Wildman–Crippen LogP) is 3.27. The van der Waals surface area contributed by atoms with E-state index in [1.807, 2.05) is 13.8 Å². The van der Waals surface area contributed by atoms with Gasteiger partial charge < -0.3 is 14.0 Å². The van der Waals surface area contributed by atoms with Crippen LogP contribution in [0.5, 0.6) is 11.5 Å². The second kappa shape index (κ2) is 6.35. The zero-order chi connectivity index (χ0) is 18.2. The molecule has 0 N–H and O–H groups in total. The van der Waals surface area contributed by atoms with Crippen molar-refractivity contribution in [3.8, 4) is 11.5 Å². The molecule has 1 aliphatic rings. The molecule has 6 heteroatoms. The number of ketones is 2. The van der Waals surface area contributed by atoms with E-state index in [2.05, 4.69) is 5.16 Å². The van der Waals surface area contributed by atoms with E-state index < -0.39 is 0 Å². The molecular weight excluding hydrogens is 322 g/mol. The second-order valence-electron chi connectivity index (χ2n) is 7.04. The SMILES string of the molecule is COc1ccc(C(=O)Cc2noc3c2C(=O)CC(C)(C)C3)cc1OC. The van der Waals surface area contributed by atoms with Crippen LogP contribution in [0.15, 0.2) is 22.7 Å². The third kappa shape index (κ3) is 3.29. The van der Waals surface area contributed by atoms with Crippen LogP contribution in [0.25, 0.3) is 0 Å². The summed E-state index contributed by atoms with van der Waals surface area (Å²) in [5.41, 5.74) is 1.22. The van der Waals surface area contributed by atoms with Crippen molar-refractivity contribution >= 4 is 11.6 Å². The van der Waals surface area contributed by atoms with Gasteiger partial charge in [-0.05, 0) is 23.6 Å². The van der Waals surface area contributed by atoms with Crippen molar-refractivity contribution in [2.24, 2.45) is 5.41 Å². The molecular formula is C19H21NO5. The fourth-order valence-electron chi connectivity index (χ4n) is 3.20. The molecule has 1 aromatic heterocycles. The van der Waals surface area contributed by atoms with Crippen molar-refractivity contribution < 1.29 is 23.6 Å². The molecule has 0 aliphatic heterocycles. The Morgan fingerprint density at radius 3 is 2.60 bits per heavy atom. The number of carbonyl (C=O) groups is 2. The van der Waals surface area contributed by atoms with Crippen LogP contribution in [0.3, 0.4) is 0 Å². The van der Waals surface area contributed by atoms with E-state index in [0.717, 1.165) is 0 Å². The molecule has 1 aliphatic carbocycles. The average molecular weight is 343 g/mol. The molecule has 1 heterocycles. The number of nitrogens with zero attached hydrogens (tertiary/aromatic N) is 1. The first-order valence-electron chi connectivity index (χ1n) is 8.10. The minimum atomic E-state index is -0.158. The van der Waals surface area contributed by atoms with E-state index in [9.17, 15) is 9.59 Å². The number of Topliss-reactive ketones (excluding diaryl/α,β-unsaturated/α-hetero) is 2. The molecule has 0 atom stereocenters. The largest absolute Gasteiger partial charge is 0.493 e. The fraction of sp³-hybridized carbons (Fsp3) is 0.421. The summed E-state index contributed by atoms with van der Waals surface area (Å²) in [5.74, 6) is 1.44. The molecule has 2 aromatic rings. The summed E-state index contributed by atoms with van der Waals surface area (Å²) in [6, 6.07) is 4.97. The number of ether oxygens (including phenoxy) is 2. The van der Waals surface area contributed by atoms with Crippen molar-refractivity contribution in [1.82, 2.24) is 5.16 Å². The van der Waals surface area contributed by atoms with E-state index in [1.165, 1.54) is 14.2 Å². The standard InChI is InChI=1S/C19H21NO5/c1-19(2)9-14(22)18-12(20-25-17(18)10-19)8-13(21)11-5-6-15(23-3)16(7-11)24-4/h5-7H,8-10H2,1-4H3. The molecule has 3 rings (SSSR count). The monoisotopic (exact) mass is 343 g/mol. The molecule has 0 unspecified atom stereocenters. The molecule has 0 saturated carbocycles. The highest BCUT2D eigenvalue weighted by molar-refractivity contribution is 6.03. The Morgan fingerprint density at radius 2 is 1.92 bits per heavy atom. The first-order chi connectivity index (χ1) is 11.8. The van der Waals surface area contributed by atoms with Gasteiger partial charge in [-0.1, -0.05) is 19.0 Å². The van der Waals surface area contributed by atoms with Gasteiger partial charge in [-0.15, -0.1) is 0 Å². The van der Waals surface area contributed by atoms with Crippen LogP contribution in [0.1, 0.15) is 52.4 Å². The minimum absolute atomic E-state index is 0.0115. The van der Waals surface area contributed by atoms with Crippen LogP contribution in [0.2, 0.25) is 0 Å². The van der Waals surface area contributed by atoms with Gasteiger partial charge in [0.15, 0.2) is 23.1 Å². The first kappa shape index (κ1) is 17.2. The van der Waals surface area contributed by atoms with E-state index in [4.69, 9.17) is 14.0 Å². The highest BCUT2D eigenvalue weighted by atomic mass is 16.5. The van der Waals surface area contributed by atoms with Crippen LogP contribution in [0, 0.1) is 5.41 Å². The van der Waals surface area contributed by atoms with E-state index in [1.54, 1.807) is 18.2 Å². The predicted molar refractivity (Wildman–Crippen MR) is 90.5 cm³/mol. The molecule has 25 heavy (non-hydrogen) atoms. The quantitative estimate of drug-likeness (QED) is 0.775. The Morgan fingerprint density at radius 1 is 1.20 bits per heavy atom. The number of methoxy groups -OCH3 is 2. The van der Waals surface area contributed by atoms with Gasteiger partial charge in [0.25, 0.3) is 0 Å². The van der Waals surface area contributed by atoms with Crippen LogP contribution in [0.4, 0.5) is 0 Å². The number of aromatic nitrogens is 1. The third-order valence-corrected chi connectivity index (χ3v) is 4.42. The Hall–Kier alpha value is -2.63. The number of hydrogen-bond acceptors (Lipinski definition) is 6. The van der Waals surface area contributed by atoms with Gasteiger partial charge in [0, 0.05) is 18.4 Å². The summed E-state index contributed by atoms with van der Waals surface area (Å²) in [7, 11) is 3.05. The molecule has 6 nitrogen and oxygen atoms in total. The zero-order valence-corrected chi connectivity index (χ0v) is 14.8. The van der Waals surface area contributed by atoms with E-state index >= 15 is 0 Å². The molecule has 0 saturated heterocycles. The third-order valence-electron chi connectivity index (χ3n) is 4.42. The Kier molecular flexibility index (Phi) is 4.37. The smallest absolute Gasteiger partial charge is 0.169 e. The van der Waals surface area contributed by atoms with E-state index in [-0.39, 0.29) is 23.4 Å². The summed E-state index contributed by atoms with van der Waals surface area (Å²) >= 11 is 0. The first-order valence-corrected chi connectivity index (χ1v) is 8.10.